The van der Waals surface area contributed by atoms with Crippen molar-refractivity contribution in [2.24, 2.45) is 0 Å². The maximum absolute atomic E-state index is 13.7. The summed E-state index contributed by atoms with van der Waals surface area (Å²) in [6, 6.07) is 13.0. The first-order valence-electron chi connectivity index (χ1n) is 8.57. The second kappa shape index (κ2) is 8.88. The number of hydrogen-bond donors (Lipinski definition) is 0. The van der Waals surface area contributed by atoms with Gasteiger partial charge in [-0.2, -0.15) is 0 Å². The highest BCUT2D eigenvalue weighted by Gasteiger charge is 2.22. The molecule has 0 saturated heterocycles. The van der Waals surface area contributed by atoms with Crippen LogP contribution in [0.5, 0.6) is 11.5 Å². The summed E-state index contributed by atoms with van der Waals surface area (Å²) in [7, 11) is 1.57. The van der Waals surface area contributed by atoms with Crippen molar-refractivity contribution in [2.75, 3.05) is 7.11 Å². The number of Topliss-reactive ketones (excluding diaryl/α,β-unsaturated/α-hetero) is 1. The van der Waals surface area contributed by atoms with E-state index in [1.165, 1.54) is 12.1 Å². The molecule has 0 aliphatic rings. The number of thioether (sulfide) groups is 1. The van der Waals surface area contributed by atoms with Gasteiger partial charge in [-0.15, -0.1) is 10.2 Å². The molecule has 0 unspecified atom stereocenters. The molecule has 3 aromatic rings. The summed E-state index contributed by atoms with van der Waals surface area (Å²) in [4.78, 5) is 12.6. The number of benzene rings is 2. The monoisotopic (exact) mass is 402 g/mol. The topological polar surface area (TPSA) is 74.5 Å². The number of rotatable bonds is 8. The van der Waals surface area contributed by atoms with E-state index in [9.17, 15) is 9.18 Å². The Kier molecular flexibility index (Phi) is 6.30. The quantitative estimate of drug-likeness (QED) is 0.399. The number of hydrogen-bond acceptors (Lipinski definition) is 7. The Bertz CT molecular complexity index is 945. The predicted octanol–water partition coefficient (Wildman–Crippen LogP) is 4.72. The number of ether oxygens (including phenoxy) is 2. The van der Waals surface area contributed by atoms with Gasteiger partial charge in [-0.05, 0) is 50.2 Å². The third-order valence-electron chi connectivity index (χ3n) is 3.93. The number of ketones is 1. The molecular weight excluding hydrogens is 383 g/mol. The van der Waals surface area contributed by atoms with Crippen molar-refractivity contribution in [3.05, 3.63) is 65.8 Å². The Hall–Kier alpha value is -2.87. The molecule has 146 valence electrons. The predicted molar refractivity (Wildman–Crippen MR) is 102 cm³/mol. The van der Waals surface area contributed by atoms with E-state index in [0.29, 0.717) is 11.3 Å². The van der Waals surface area contributed by atoms with E-state index >= 15 is 0 Å². The Balaban J connectivity index is 1.63. The number of carbonyl (C=O) groups is 1. The van der Waals surface area contributed by atoms with Crippen molar-refractivity contribution in [3.8, 4) is 11.5 Å². The summed E-state index contributed by atoms with van der Waals surface area (Å²) in [6.07, 6.45) is -0.633. The molecule has 0 aliphatic heterocycles. The lowest BCUT2D eigenvalue weighted by Gasteiger charge is -2.11. The SMILES string of the molecule is COc1ccc(C(=O)[C@H](C)Sc2nnc([C@H](C)Oc3ccccc3F)o2)cc1. The Morgan fingerprint density at radius 2 is 1.82 bits per heavy atom. The maximum atomic E-state index is 13.7. The van der Waals surface area contributed by atoms with Gasteiger partial charge in [-0.3, -0.25) is 4.79 Å². The largest absolute Gasteiger partial charge is 0.497 e. The normalized spacial score (nSPS) is 13.0. The summed E-state index contributed by atoms with van der Waals surface area (Å²) < 4.78 is 29.9. The fraction of sp³-hybridized carbons (Fsp3) is 0.250. The van der Waals surface area contributed by atoms with E-state index in [1.54, 1.807) is 57.4 Å². The Labute approximate surface area is 166 Å². The average molecular weight is 402 g/mol. The van der Waals surface area contributed by atoms with Crippen LogP contribution in [-0.4, -0.2) is 28.3 Å². The highest BCUT2D eigenvalue weighted by molar-refractivity contribution is 8.00. The highest BCUT2D eigenvalue weighted by Crippen LogP contribution is 2.28. The lowest BCUT2D eigenvalue weighted by Crippen LogP contribution is -2.13. The van der Waals surface area contributed by atoms with Crippen LogP contribution in [0.4, 0.5) is 4.39 Å². The lowest BCUT2D eigenvalue weighted by molar-refractivity contribution is 0.0993. The van der Waals surface area contributed by atoms with Crippen molar-refractivity contribution in [2.45, 2.75) is 30.4 Å². The van der Waals surface area contributed by atoms with Crippen LogP contribution in [0.1, 0.15) is 36.2 Å². The molecule has 2 atom stereocenters. The van der Waals surface area contributed by atoms with Crippen LogP contribution >= 0.6 is 11.8 Å². The summed E-state index contributed by atoms with van der Waals surface area (Å²) in [5, 5.41) is 7.70. The van der Waals surface area contributed by atoms with Crippen LogP contribution < -0.4 is 9.47 Å². The van der Waals surface area contributed by atoms with Gasteiger partial charge in [0.1, 0.15) is 5.75 Å². The number of methoxy groups -OCH3 is 1. The third kappa shape index (κ3) is 4.69. The van der Waals surface area contributed by atoms with Crippen LogP contribution in [-0.2, 0) is 0 Å². The summed E-state index contributed by atoms with van der Waals surface area (Å²) in [5.41, 5.74) is 0.566. The maximum Gasteiger partial charge on any atom is 0.277 e. The lowest BCUT2D eigenvalue weighted by atomic mass is 10.1. The molecule has 2 aromatic carbocycles. The van der Waals surface area contributed by atoms with Gasteiger partial charge < -0.3 is 13.9 Å². The minimum atomic E-state index is -0.633. The molecule has 0 aliphatic carbocycles. The van der Waals surface area contributed by atoms with Crippen LogP contribution in [0.2, 0.25) is 0 Å². The zero-order chi connectivity index (χ0) is 20.1. The Morgan fingerprint density at radius 1 is 1.11 bits per heavy atom. The molecule has 0 fully saturated rings. The number of para-hydroxylation sites is 1. The van der Waals surface area contributed by atoms with E-state index in [2.05, 4.69) is 10.2 Å². The first-order chi connectivity index (χ1) is 13.5. The van der Waals surface area contributed by atoms with Gasteiger partial charge in [0.2, 0.25) is 0 Å². The van der Waals surface area contributed by atoms with E-state index in [4.69, 9.17) is 13.9 Å². The number of aromatic nitrogens is 2. The molecule has 8 heteroatoms. The standard InChI is InChI=1S/C20H19FN2O4S/c1-12(26-17-7-5-4-6-16(17)21)19-22-23-20(27-19)28-13(2)18(24)14-8-10-15(25-3)11-9-14/h4-13H,1-3H3/t12-,13-/m0/s1. The minimum Gasteiger partial charge on any atom is -0.497 e. The van der Waals surface area contributed by atoms with Crippen LogP contribution in [0, 0.1) is 5.82 Å². The van der Waals surface area contributed by atoms with Crippen molar-refractivity contribution in [1.29, 1.82) is 0 Å². The average Bonchev–Trinajstić information content (AvgIpc) is 3.18. The van der Waals surface area contributed by atoms with Crippen LogP contribution in [0.15, 0.2) is 58.2 Å². The molecule has 28 heavy (non-hydrogen) atoms. The van der Waals surface area contributed by atoms with Crippen molar-refractivity contribution < 1.29 is 23.1 Å². The van der Waals surface area contributed by atoms with Gasteiger partial charge in [0.05, 0.1) is 12.4 Å². The second-order valence-corrected chi connectivity index (χ2v) is 7.24. The molecular formula is C20H19FN2O4S. The Morgan fingerprint density at radius 3 is 2.50 bits per heavy atom. The van der Waals surface area contributed by atoms with E-state index < -0.39 is 17.2 Å². The van der Waals surface area contributed by atoms with Gasteiger partial charge in [-0.1, -0.05) is 23.9 Å². The van der Waals surface area contributed by atoms with Crippen LogP contribution in [0.3, 0.4) is 0 Å². The number of carbonyl (C=O) groups excluding carboxylic acids is 1. The van der Waals surface area contributed by atoms with Gasteiger partial charge in [0.15, 0.2) is 23.5 Å². The summed E-state index contributed by atoms with van der Waals surface area (Å²) in [5.74, 6) is 0.452. The smallest absolute Gasteiger partial charge is 0.277 e. The molecule has 6 nitrogen and oxygen atoms in total. The van der Waals surface area contributed by atoms with Crippen molar-refractivity contribution >= 4 is 17.5 Å². The molecule has 1 heterocycles. The van der Waals surface area contributed by atoms with Crippen molar-refractivity contribution in [1.82, 2.24) is 10.2 Å². The van der Waals surface area contributed by atoms with Crippen LogP contribution in [0.25, 0.3) is 0 Å². The van der Waals surface area contributed by atoms with Gasteiger partial charge in [0, 0.05) is 5.56 Å². The second-order valence-electron chi connectivity index (χ2n) is 5.95. The summed E-state index contributed by atoms with van der Waals surface area (Å²) >= 11 is 1.15. The molecule has 0 radical (unpaired) electrons. The molecule has 0 spiro atoms. The third-order valence-corrected chi connectivity index (χ3v) is 4.87. The summed E-state index contributed by atoms with van der Waals surface area (Å²) in [6.45, 7) is 3.45. The fourth-order valence-electron chi connectivity index (χ4n) is 2.41. The van der Waals surface area contributed by atoms with Gasteiger partial charge in [0.25, 0.3) is 11.1 Å². The number of nitrogens with zero attached hydrogens (tertiary/aromatic N) is 2. The van der Waals surface area contributed by atoms with E-state index in [0.717, 1.165) is 11.8 Å². The van der Waals surface area contributed by atoms with Gasteiger partial charge >= 0.3 is 0 Å². The number of halogens is 1. The van der Waals surface area contributed by atoms with Crippen molar-refractivity contribution in [3.63, 3.8) is 0 Å². The molecule has 3 rings (SSSR count). The zero-order valence-corrected chi connectivity index (χ0v) is 16.4. The van der Waals surface area contributed by atoms with E-state index in [-0.39, 0.29) is 22.6 Å². The fourth-order valence-corrected chi connectivity index (χ4v) is 3.18. The first kappa shape index (κ1) is 19.9. The molecule has 1 aromatic heterocycles. The molecule has 0 bridgehead atoms. The highest BCUT2D eigenvalue weighted by atomic mass is 32.2. The van der Waals surface area contributed by atoms with Gasteiger partial charge in [-0.25, -0.2) is 4.39 Å². The molecule has 0 saturated carbocycles. The molecule has 0 N–H and O–H groups in total. The van der Waals surface area contributed by atoms with E-state index in [1.807, 2.05) is 0 Å². The first-order valence-corrected chi connectivity index (χ1v) is 9.45. The molecule has 0 amide bonds. The minimum absolute atomic E-state index is 0.0666. The zero-order valence-electron chi connectivity index (χ0n) is 15.6.